The zero-order valence-electron chi connectivity index (χ0n) is 8.51. The van der Waals surface area contributed by atoms with Crippen LogP contribution in [0.25, 0.3) is 0 Å². The van der Waals surface area contributed by atoms with Crippen molar-refractivity contribution in [2.45, 2.75) is 26.3 Å². The highest BCUT2D eigenvalue weighted by Gasteiger charge is 2.19. The first kappa shape index (κ1) is 13.1. The minimum Gasteiger partial charge on any atom is -0.410 e. The van der Waals surface area contributed by atoms with E-state index in [1.807, 2.05) is 0 Å². The molecule has 84 valence electrons. The maximum absolute atomic E-state index is 10.7. The largest absolute Gasteiger partial charge is 0.410 e. The van der Waals surface area contributed by atoms with E-state index in [1.54, 1.807) is 6.92 Å². The number of hydrogen-bond acceptors (Lipinski definition) is 5. The van der Waals surface area contributed by atoms with Gasteiger partial charge in [0.25, 0.3) is 5.91 Å². The zero-order chi connectivity index (χ0) is 12.0. The molecule has 1 amide bonds. The molecule has 0 fully saturated rings. The molecule has 0 saturated carbocycles. The second-order valence-electron chi connectivity index (χ2n) is 2.88. The first-order valence-electron chi connectivity index (χ1n) is 4.29. The van der Waals surface area contributed by atoms with Crippen molar-refractivity contribution in [3.8, 4) is 0 Å². The molecule has 0 saturated heterocycles. The molecule has 0 rings (SSSR count). The van der Waals surface area contributed by atoms with Crippen LogP contribution < -0.4 is 5.73 Å². The second-order valence-corrected chi connectivity index (χ2v) is 2.88. The number of rotatable bonds is 5. The van der Waals surface area contributed by atoms with Gasteiger partial charge in [-0.1, -0.05) is 12.1 Å². The van der Waals surface area contributed by atoms with Gasteiger partial charge in [0.1, 0.15) is 0 Å². The Hall–Kier alpha value is -1.92. The van der Waals surface area contributed by atoms with Gasteiger partial charge < -0.3 is 10.9 Å². The smallest absolute Gasteiger partial charge is 0.270 e. The fraction of sp³-hybridized carbons (Fsp3) is 0.500. The Bertz CT molecular complexity index is 322. The van der Waals surface area contributed by atoms with Crippen LogP contribution in [0.15, 0.2) is 16.8 Å². The van der Waals surface area contributed by atoms with Crippen molar-refractivity contribution in [1.29, 1.82) is 0 Å². The number of nitrogens with two attached hydrogens (primary N) is 1. The number of hydrogen-bond donors (Lipinski definition) is 2. The van der Waals surface area contributed by atoms with Crippen LogP contribution >= 0.6 is 0 Å². The Morgan fingerprint density at radius 2 is 2.27 bits per heavy atom. The molecule has 0 radical (unpaired) electrons. The molecule has 3 N–H and O–H groups in total. The maximum Gasteiger partial charge on any atom is 0.270 e. The van der Waals surface area contributed by atoms with Crippen LogP contribution in [0, 0.1) is 10.1 Å². The molecule has 1 atom stereocenters. The van der Waals surface area contributed by atoms with Crippen LogP contribution in [0.1, 0.15) is 20.3 Å². The lowest BCUT2D eigenvalue weighted by Crippen LogP contribution is -2.24. The highest BCUT2D eigenvalue weighted by molar-refractivity contribution is 6.42. The van der Waals surface area contributed by atoms with Crippen molar-refractivity contribution in [2.24, 2.45) is 10.9 Å². The van der Waals surface area contributed by atoms with E-state index in [9.17, 15) is 14.9 Å². The summed E-state index contributed by atoms with van der Waals surface area (Å²) in [6.07, 6.45) is 1.50. The van der Waals surface area contributed by atoms with Gasteiger partial charge in [-0.3, -0.25) is 14.9 Å². The van der Waals surface area contributed by atoms with Gasteiger partial charge in [0.05, 0.1) is 0 Å². The maximum atomic E-state index is 10.7. The Morgan fingerprint density at radius 3 is 2.53 bits per heavy atom. The van der Waals surface area contributed by atoms with E-state index in [0.29, 0.717) is 12.0 Å². The van der Waals surface area contributed by atoms with Crippen LogP contribution in [0.3, 0.4) is 0 Å². The molecule has 0 aliphatic carbocycles. The highest BCUT2D eigenvalue weighted by atomic mass is 16.6. The molecule has 7 nitrogen and oxygen atoms in total. The van der Waals surface area contributed by atoms with Crippen molar-refractivity contribution in [3.63, 3.8) is 0 Å². The van der Waals surface area contributed by atoms with Crippen molar-refractivity contribution < 1.29 is 14.9 Å². The highest BCUT2D eigenvalue weighted by Crippen LogP contribution is 2.10. The summed E-state index contributed by atoms with van der Waals surface area (Å²) in [5.41, 5.74) is 4.86. The number of amides is 1. The number of nitrogens with zero attached hydrogens (tertiary/aromatic N) is 2. The van der Waals surface area contributed by atoms with Crippen molar-refractivity contribution in [2.75, 3.05) is 0 Å². The Kier molecular flexibility index (Phi) is 5.00. The second kappa shape index (κ2) is 5.74. The van der Waals surface area contributed by atoms with E-state index in [1.165, 1.54) is 6.92 Å². The molecular formula is C8H13N3O4. The molecule has 0 heterocycles. The SMILES string of the molecule is CCC(=CC(=NO)C(N)=O)C(C)[N+](=O)[O-]. The Balaban J connectivity index is 5.03. The van der Waals surface area contributed by atoms with E-state index in [2.05, 4.69) is 5.16 Å². The van der Waals surface area contributed by atoms with Crippen LogP contribution in [0.5, 0.6) is 0 Å². The number of carbonyl (C=O) groups excluding carboxylic acids is 1. The molecule has 15 heavy (non-hydrogen) atoms. The summed E-state index contributed by atoms with van der Waals surface area (Å²) in [6.45, 7) is 3.08. The summed E-state index contributed by atoms with van der Waals surface area (Å²) in [6, 6.07) is -0.939. The van der Waals surface area contributed by atoms with Gasteiger partial charge in [-0.25, -0.2) is 0 Å². The van der Waals surface area contributed by atoms with Gasteiger partial charge in [-0.2, -0.15) is 0 Å². The van der Waals surface area contributed by atoms with E-state index >= 15 is 0 Å². The molecule has 0 aliphatic heterocycles. The third-order valence-corrected chi connectivity index (χ3v) is 1.94. The van der Waals surface area contributed by atoms with Gasteiger partial charge in [0.2, 0.25) is 6.04 Å². The normalized spacial score (nSPS) is 14.8. The predicted octanol–water partition coefficient (Wildman–Crippen LogP) is 0.304. The molecule has 1 unspecified atom stereocenters. The van der Waals surface area contributed by atoms with Gasteiger partial charge in [0.15, 0.2) is 5.71 Å². The summed E-state index contributed by atoms with van der Waals surface area (Å²) >= 11 is 0. The molecule has 0 aromatic carbocycles. The fourth-order valence-corrected chi connectivity index (χ4v) is 0.978. The van der Waals surface area contributed by atoms with Gasteiger partial charge in [0, 0.05) is 17.4 Å². The average Bonchev–Trinajstić information content (AvgIpc) is 2.18. The quantitative estimate of drug-likeness (QED) is 0.296. The molecule has 0 spiro atoms. The first-order valence-corrected chi connectivity index (χ1v) is 4.29. The van der Waals surface area contributed by atoms with E-state index < -0.39 is 16.9 Å². The van der Waals surface area contributed by atoms with Crippen molar-refractivity contribution >= 4 is 11.6 Å². The van der Waals surface area contributed by atoms with E-state index in [4.69, 9.17) is 10.9 Å². The molecule has 7 heteroatoms. The first-order chi connectivity index (χ1) is 6.93. The van der Waals surface area contributed by atoms with Crippen LogP contribution in [-0.4, -0.2) is 27.8 Å². The number of carbonyl (C=O) groups is 1. The van der Waals surface area contributed by atoms with Crippen molar-refractivity contribution in [1.82, 2.24) is 0 Å². The van der Waals surface area contributed by atoms with Crippen LogP contribution in [0.4, 0.5) is 0 Å². The Morgan fingerprint density at radius 1 is 1.73 bits per heavy atom. The monoisotopic (exact) mass is 215 g/mol. The average molecular weight is 215 g/mol. The lowest BCUT2D eigenvalue weighted by molar-refractivity contribution is -0.507. The lowest BCUT2D eigenvalue weighted by atomic mass is 10.0. The van der Waals surface area contributed by atoms with Gasteiger partial charge in [-0.15, -0.1) is 0 Å². The van der Waals surface area contributed by atoms with Gasteiger partial charge in [-0.05, 0) is 12.5 Å². The zero-order valence-corrected chi connectivity index (χ0v) is 8.51. The topological polar surface area (TPSA) is 119 Å². The number of oxime groups is 1. The minimum absolute atomic E-state index is 0.367. The lowest BCUT2D eigenvalue weighted by Gasteiger charge is -2.06. The summed E-state index contributed by atoms with van der Waals surface area (Å²) in [4.78, 5) is 20.7. The molecule has 0 aliphatic rings. The molecule has 0 aromatic rings. The minimum atomic E-state index is -0.939. The third kappa shape index (κ3) is 3.75. The molecule has 0 bridgehead atoms. The Labute approximate surface area is 86.4 Å². The van der Waals surface area contributed by atoms with E-state index in [-0.39, 0.29) is 5.71 Å². The number of nitro groups is 1. The van der Waals surface area contributed by atoms with E-state index in [0.717, 1.165) is 6.08 Å². The van der Waals surface area contributed by atoms with Crippen molar-refractivity contribution in [3.05, 3.63) is 21.8 Å². The summed E-state index contributed by atoms with van der Waals surface area (Å²) < 4.78 is 0. The third-order valence-electron chi connectivity index (χ3n) is 1.94. The van der Waals surface area contributed by atoms with Gasteiger partial charge >= 0.3 is 0 Å². The predicted molar refractivity (Wildman–Crippen MR) is 53.2 cm³/mol. The molecule has 0 aromatic heterocycles. The fourth-order valence-electron chi connectivity index (χ4n) is 0.978. The van der Waals surface area contributed by atoms with Crippen LogP contribution in [0.2, 0.25) is 0 Å². The number of primary amides is 1. The van der Waals surface area contributed by atoms with Crippen LogP contribution in [-0.2, 0) is 4.79 Å². The molecular weight excluding hydrogens is 202 g/mol. The standard InChI is InChI=1S/C8H13N3O4/c1-3-6(5(2)11(14)15)4-7(10-13)8(9)12/h4-5,13H,3H2,1-2H3,(H2,9,12). The summed E-state index contributed by atoms with van der Waals surface area (Å²) in [5, 5.41) is 21.6. The summed E-state index contributed by atoms with van der Waals surface area (Å²) in [7, 11) is 0. The summed E-state index contributed by atoms with van der Waals surface area (Å²) in [5.74, 6) is -0.931.